The molecule has 1 aromatic heterocycles. The first-order chi connectivity index (χ1) is 10.6. The van der Waals surface area contributed by atoms with Crippen LogP contribution in [0.2, 0.25) is 0 Å². The molecule has 0 radical (unpaired) electrons. The third-order valence-electron chi connectivity index (χ3n) is 2.81. The summed E-state index contributed by atoms with van der Waals surface area (Å²) in [5.74, 6) is -2.38. The highest BCUT2D eigenvalue weighted by Crippen LogP contribution is 2.27. The molecule has 1 heterocycles. The van der Waals surface area contributed by atoms with Gasteiger partial charge in [0.05, 0.1) is 0 Å². The molecule has 0 aliphatic carbocycles. The molecule has 0 saturated heterocycles. The zero-order chi connectivity index (χ0) is 17.3. The highest BCUT2D eigenvalue weighted by Gasteiger charge is 2.38. The maximum atomic E-state index is 13.7. The molecule has 0 N–H and O–H groups in total. The van der Waals surface area contributed by atoms with Crippen LogP contribution in [0.1, 0.15) is 5.56 Å². The Morgan fingerprint density at radius 2 is 1.83 bits per heavy atom. The predicted octanol–water partition coefficient (Wildman–Crippen LogP) is 3.78. The van der Waals surface area contributed by atoms with Gasteiger partial charge in [-0.15, -0.1) is 0 Å². The number of nitrogens with zero attached hydrogens (tertiary/aromatic N) is 1. The first kappa shape index (κ1) is 17.8. The summed E-state index contributed by atoms with van der Waals surface area (Å²) >= 11 is 1.17. The molecular formula is C13H10F5NO2S2. The van der Waals surface area contributed by atoms with E-state index >= 15 is 0 Å². The van der Waals surface area contributed by atoms with Gasteiger partial charge < -0.3 is 0 Å². The number of thiophene rings is 1. The van der Waals surface area contributed by atoms with E-state index in [1.54, 1.807) is 5.38 Å². The van der Waals surface area contributed by atoms with Gasteiger partial charge in [-0.05, 0) is 40.6 Å². The van der Waals surface area contributed by atoms with E-state index in [2.05, 4.69) is 0 Å². The van der Waals surface area contributed by atoms with Gasteiger partial charge in [0, 0.05) is 6.54 Å². The SMILES string of the molecule is O=S(=O)(c1cc(F)ccc1F)N(Cc1ccsc1)CC(F)(F)F. The lowest BCUT2D eigenvalue weighted by Gasteiger charge is -2.23. The summed E-state index contributed by atoms with van der Waals surface area (Å²) in [7, 11) is -4.86. The van der Waals surface area contributed by atoms with Crippen LogP contribution in [-0.2, 0) is 16.6 Å². The fourth-order valence-corrected chi connectivity index (χ4v) is 3.98. The van der Waals surface area contributed by atoms with Gasteiger partial charge in [-0.3, -0.25) is 0 Å². The summed E-state index contributed by atoms with van der Waals surface area (Å²) in [6.45, 7) is -2.40. The van der Waals surface area contributed by atoms with Crippen molar-refractivity contribution in [2.75, 3.05) is 6.54 Å². The first-order valence-corrected chi connectivity index (χ1v) is 8.51. The van der Waals surface area contributed by atoms with Crippen molar-refractivity contribution >= 4 is 21.4 Å². The lowest BCUT2D eigenvalue weighted by molar-refractivity contribution is -0.136. The first-order valence-electron chi connectivity index (χ1n) is 6.12. The molecule has 0 amide bonds. The Balaban J connectivity index is 2.45. The predicted molar refractivity (Wildman–Crippen MR) is 74.3 cm³/mol. The molecule has 2 rings (SSSR count). The molecule has 126 valence electrons. The summed E-state index contributed by atoms with van der Waals surface area (Å²) < 4.78 is 89.7. The van der Waals surface area contributed by atoms with E-state index in [1.807, 2.05) is 0 Å². The Labute approximate surface area is 133 Å². The zero-order valence-electron chi connectivity index (χ0n) is 11.3. The molecule has 10 heteroatoms. The number of alkyl halides is 3. The minimum Gasteiger partial charge on any atom is -0.207 e. The Kier molecular flexibility index (Phi) is 5.07. The topological polar surface area (TPSA) is 37.4 Å². The average molecular weight is 371 g/mol. The summed E-state index contributed by atoms with van der Waals surface area (Å²) in [5.41, 5.74) is 0.319. The van der Waals surface area contributed by atoms with E-state index in [0.29, 0.717) is 23.8 Å². The highest BCUT2D eigenvalue weighted by molar-refractivity contribution is 7.89. The molecule has 0 fully saturated rings. The van der Waals surface area contributed by atoms with Crippen LogP contribution < -0.4 is 0 Å². The molecule has 0 spiro atoms. The van der Waals surface area contributed by atoms with Crippen molar-refractivity contribution < 1.29 is 30.4 Å². The van der Waals surface area contributed by atoms with Gasteiger partial charge in [-0.2, -0.15) is 28.8 Å². The minimum atomic E-state index is -4.86. The fraction of sp³-hybridized carbons (Fsp3) is 0.231. The van der Waals surface area contributed by atoms with E-state index in [0.717, 1.165) is 0 Å². The van der Waals surface area contributed by atoms with Crippen molar-refractivity contribution in [2.24, 2.45) is 0 Å². The number of rotatable bonds is 5. The van der Waals surface area contributed by atoms with E-state index in [4.69, 9.17) is 0 Å². The third-order valence-corrected chi connectivity index (χ3v) is 5.34. The molecule has 0 aliphatic rings. The van der Waals surface area contributed by atoms with Crippen LogP contribution >= 0.6 is 11.3 Å². The molecule has 0 saturated carbocycles. The van der Waals surface area contributed by atoms with Crippen LogP contribution in [0, 0.1) is 11.6 Å². The van der Waals surface area contributed by atoms with Gasteiger partial charge in [-0.25, -0.2) is 17.2 Å². The second-order valence-corrected chi connectivity index (χ2v) is 7.28. The minimum absolute atomic E-state index is 0.0763. The Morgan fingerprint density at radius 3 is 2.39 bits per heavy atom. The molecule has 0 unspecified atom stereocenters. The van der Waals surface area contributed by atoms with Crippen molar-refractivity contribution in [3.05, 3.63) is 52.2 Å². The largest absolute Gasteiger partial charge is 0.402 e. The molecule has 1 aromatic carbocycles. The van der Waals surface area contributed by atoms with Crippen molar-refractivity contribution in [2.45, 2.75) is 17.6 Å². The summed E-state index contributed by atoms with van der Waals surface area (Å²) in [4.78, 5) is -1.13. The Morgan fingerprint density at radius 1 is 1.13 bits per heavy atom. The number of sulfonamides is 1. The Bertz CT molecular complexity index is 772. The fourth-order valence-electron chi connectivity index (χ4n) is 1.83. The van der Waals surface area contributed by atoms with Crippen molar-refractivity contribution in [1.82, 2.24) is 4.31 Å². The maximum absolute atomic E-state index is 13.7. The van der Waals surface area contributed by atoms with Gasteiger partial charge >= 0.3 is 6.18 Å². The number of benzene rings is 1. The summed E-state index contributed by atoms with van der Waals surface area (Å²) in [6, 6.07) is 3.05. The van der Waals surface area contributed by atoms with Crippen LogP contribution in [0.15, 0.2) is 39.9 Å². The zero-order valence-corrected chi connectivity index (χ0v) is 13.0. The van der Waals surface area contributed by atoms with E-state index in [9.17, 15) is 30.4 Å². The van der Waals surface area contributed by atoms with Crippen LogP contribution in [0.5, 0.6) is 0 Å². The van der Waals surface area contributed by atoms with E-state index in [-0.39, 0.29) is 4.31 Å². The lowest BCUT2D eigenvalue weighted by Crippen LogP contribution is -2.38. The summed E-state index contributed by atoms with van der Waals surface area (Å²) in [5, 5.41) is 3.04. The second kappa shape index (κ2) is 6.54. The third kappa shape index (κ3) is 4.49. The molecule has 0 bridgehead atoms. The molecule has 0 atom stereocenters. The molecule has 0 aliphatic heterocycles. The number of hydrogen-bond donors (Lipinski definition) is 0. The van der Waals surface area contributed by atoms with Crippen molar-refractivity contribution in [3.8, 4) is 0 Å². The molecule has 2 aromatic rings. The van der Waals surface area contributed by atoms with Crippen molar-refractivity contribution in [1.29, 1.82) is 0 Å². The van der Waals surface area contributed by atoms with Gasteiger partial charge in [0.25, 0.3) is 0 Å². The van der Waals surface area contributed by atoms with Crippen LogP contribution in [0.4, 0.5) is 22.0 Å². The molecular weight excluding hydrogens is 361 g/mol. The smallest absolute Gasteiger partial charge is 0.207 e. The van der Waals surface area contributed by atoms with E-state index in [1.165, 1.54) is 22.8 Å². The molecule has 23 heavy (non-hydrogen) atoms. The van der Waals surface area contributed by atoms with Crippen LogP contribution in [-0.4, -0.2) is 25.4 Å². The lowest BCUT2D eigenvalue weighted by atomic mass is 10.3. The standard InChI is InChI=1S/C13H10F5NO2S2/c14-10-1-2-11(15)12(5-10)23(20,21)19(8-13(16,17)18)6-9-3-4-22-7-9/h1-5,7H,6,8H2. The maximum Gasteiger partial charge on any atom is 0.402 e. The Hall–Kier alpha value is -1.52. The average Bonchev–Trinajstić information content (AvgIpc) is 2.92. The van der Waals surface area contributed by atoms with Crippen molar-refractivity contribution in [3.63, 3.8) is 0 Å². The van der Waals surface area contributed by atoms with Gasteiger partial charge in [-0.1, -0.05) is 0 Å². The van der Waals surface area contributed by atoms with Crippen LogP contribution in [0.3, 0.4) is 0 Å². The van der Waals surface area contributed by atoms with Gasteiger partial charge in [0.1, 0.15) is 23.1 Å². The second-order valence-electron chi connectivity index (χ2n) is 4.59. The van der Waals surface area contributed by atoms with Gasteiger partial charge in [0.15, 0.2) is 0 Å². The summed E-state index contributed by atoms with van der Waals surface area (Å²) in [6.07, 6.45) is -4.83. The van der Waals surface area contributed by atoms with E-state index < -0.39 is 45.8 Å². The quantitative estimate of drug-likeness (QED) is 0.750. The van der Waals surface area contributed by atoms with Gasteiger partial charge in [0.2, 0.25) is 10.0 Å². The molecule has 3 nitrogen and oxygen atoms in total. The number of hydrogen-bond acceptors (Lipinski definition) is 3. The normalized spacial score (nSPS) is 12.8. The highest BCUT2D eigenvalue weighted by atomic mass is 32.2. The monoisotopic (exact) mass is 371 g/mol. The van der Waals surface area contributed by atoms with Crippen LogP contribution in [0.25, 0.3) is 0 Å². The number of halogens is 5.